The summed E-state index contributed by atoms with van der Waals surface area (Å²) < 4.78 is 8.87. The molecule has 0 saturated carbocycles. The van der Waals surface area contributed by atoms with Gasteiger partial charge < -0.3 is 9.47 Å². The molecule has 1 aromatic heterocycles. The number of hydrogen-bond acceptors (Lipinski definition) is 6. The van der Waals surface area contributed by atoms with E-state index in [1.54, 1.807) is 10.9 Å². The van der Waals surface area contributed by atoms with Crippen molar-refractivity contribution in [3.8, 4) is 0 Å². The summed E-state index contributed by atoms with van der Waals surface area (Å²) in [6.45, 7) is -0.378. The lowest BCUT2D eigenvalue weighted by Crippen LogP contribution is -2.13. The lowest BCUT2D eigenvalue weighted by molar-refractivity contribution is -0.154. The van der Waals surface area contributed by atoms with E-state index >= 15 is 0 Å². The molecule has 1 heterocycles. The highest BCUT2D eigenvalue weighted by molar-refractivity contribution is 7.07. The molecule has 0 aliphatic rings. The zero-order chi connectivity index (χ0) is 11.1. The standard InChI is InChI=1S/C9H9NO4S/c1-13-9(12)4-14-8(11)3-2-7-5-15-6-10-7/h2-3,5-6H,4H2,1H3/b3-2+. The Labute approximate surface area is 90.3 Å². The highest BCUT2D eigenvalue weighted by Gasteiger charge is 2.03. The van der Waals surface area contributed by atoms with Crippen molar-refractivity contribution in [3.05, 3.63) is 22.7 Å². The third-order valence-electron chi connectivity index (χ3n) is 1.40. The minimum Gasteiger partial charge on any atom is -0.466 e. The maximum absolute atomic E-state index is 11.0. The number of aromatic nitrogens is 1. The van der Waals surface area contributed by atoms with Crippen LogP contribution >= 0.6 is 11.3 Å². The van der Waals surface area contributed by atoms with Gasteiger partial charge in [0, 0.05) is 11.5 Å². The second kappa shape index (κ2) is 5.92. The van der Waals surface area contributed by atoms with Gasteiger partial charge in [0.25, 0.3) is 0 Å². The van der Waals surface area contributed by atoms with Crippen LogP contribution in [0.1, 0.15) is 5.69 Å². The van der Waals surface area contributed by atoms with Gasteiger partial charge in [-0.25, -0.2) is 14.6 Å². The lowest BCUT2D eigenvalue weighted by atomic mass is 10.4. The molecule has 6 heteroatoms. The van der Waals surface area contributed by atoms with Crippen LogP contribution < -0.4 is 0 Å². The molecule has 1 rings (SSSR count). The first-order valence-corrected chi connectivity index (χ1v) is 4.96. The van der Waals surface area contributed by atoms with Crippen molar-refractivity contribution in [2.24, 2.45) is 0 Å². The van der Waals surface area contributed by atoms with Gasteiger partial charge in [0.2, 0.25) is 0 Å². The number of ether oxygens (including phenoxy) is 2. The second-order valence-corrected chi connectivity index (χ2v) is 3.15. The maximum atomic E-state index is 11.0. The molecule has 0 bridgehead atoms. The Balaban J connectivity index is 2.33. The van der Waals surface area contributed by atoms with Crippen LogP contribution in [0.15, 0.2) is 17.0 Å². The Bertz CT molecular complexity index is 358. The van der Waals surface area contributed by atoms with Crippen molar-refractivity contribution in [2.45, 2.75) is 0 Å². The molecule has 0 atom stereocenters. The summed E-state index contributed by atoms with van der Waals surface area (Å²) in [5.74, 6) is -1.20. The molecule has 0 saturated heterocycles. The quantitative estimate of drug-likeness (QED) is 0.564. The summed E-state index contributed by atoms with van der Waals surface area (Å²) in [7, 11) is 1.22. The van der Waals surface area contributed by atoms with Crippen LogP contribution in [-0.2, 0) is 19.1 Å². The second-order valence-electron chi connectivity index (χ2n) is 2.43. The van der Waals surface area contributed by atoms with Crippen molar-refractivity contribution < 1.29 is 19.1 Å². The van der Waals surface area contributed by atoms with Crippen molar-refractivity contribution in [1.29, 1.82) is 0 Å². The van der Waals surface area contributed by atoms with E-state index in [-0.39, 0.29) is 6.61 Å². The molecular weight excluding hydrogens is 218 g/mol. The number of carbonyl (C=O) groups is 2. The number of esters is 2. The summed E-state index contributed by atoms with van der Waals surface area (Å²) in [5, 5.41) is 1.78. The summed E-state index contributed by atoms with van der Waals surface area (Å²) in [5.41, 5.74) is 2.33. The normalized spacial score (nSPS) is 10.2. The molecule has 0 aliphatic carbocycles. The van der Waals surface area contributed by atoms with Gasteiger partial charge in [0.15, 0.2) is 6.61 Å². The van der Waals surface area contributed by atoms with Crippen LogP contribution in [-0.4, -0.2) is 30.6 Å². The third kappa shape index (κ3) is 4.37. The van der Waals surface area contributed by atoms with Crippen LogP contribution in [0.2, 0.25) is 0 Å². The maximum Gasteiger partial charge on any atom is 0.344 e. The minimum absolute atomic E-state index is 0.378. The fourth-order valence-corrected chi connectivity index (χ4v) is 1.22. The summed E-state index contributed by atoms with van der Waals surface area (Å²) >= 11 is 1.42. The van der Waals surface area contributed by atoms with Crippen molar-refractivity contribution in [2.75, 3.05) is 13.7 Å². The summed E-state index contributed by atoms with van der Waals surface area (Å²) in [6, 6.07) is 0. The number of methoxy groups -OCH3 is 1. The molecule has 5 nitrogen and oxygen atoms in total. The van der Waals surface area contributed by atoms with Crippen LogP contribution in [0.25, 0.3) is 6.08 Å². The van der Waals surface area contributed by atoms with E-state index in [1.807, 2.05) is 0 Å². The first-order chi connectivity index (χ1) is 7.22. The van der Waals surface area contributed by atoms with Crippen LogP contribution in [0, 0.1) is 0 Å². The molecule has 0 unspecified atom stereocenters. The zero-order valence-electron chi connectivity index (χ0n) is 8.00. The molecule has 0 aromatic carbocycles. The Morgan fingerprint density at radius 3 is 3.00 bits per heavy atom. The largest absolute Gasteiger partial charge is 0.466 e. The Morgan fingerprint density at radius 1 is 1.60 bits per heavy atom. The zero-order valence-corrected chi connectivity index (χ0v) is 8.82. The number of hydrogen-bond donors (Lipinski definition) is 0. The molecule has 80 valence electrons. The van der Waals surface area contributed by atoms with E-state index < -0.39 is 11.9 Å². The fraction of sp³-hybridized carbons (Fsp3) is 0.222. The molecule has 0 aliphatic heterocycles. The lowest BCUT2D eigenvalue weighted by Gasteiger charge is -1.98. The average molecular weight is 227 g/mol. The van der Waals surface area contributed by atoms with E-state index in [0.717, 1.165) is 0 Å². The molecule has 0 fully saturated rings. The van der Waals surface area contributed by atoms with E-state index in [0.29, 0.717) is 5.69 Å². The summed E-state index contributed by atoms with van der Waals surface area (Å²) in [6.07, 6.45) is 2.72. The van der Waals surface area contributed by atoms with Crippen molar-refractivity contribution in [3.63, 3.8) is 0 Å². The average Bonchev–Trinajstić information content (AvgIpc) is 2.75. The Morgan fingerprint density at radius 2 is 2.40 bits per heavy atom. The minimum atomic E-state index is -0.603. The predicted octanol–water partition coefficient (Wildman–Crippen LogP) is 0.872. The van der Waals surface area contributed by atoms with Gasteiger partial charge in [-0.15, -0.1) is 11.3 Å². The number of rotatable bonds is 4. The summed E-state index contributed by atoms with van der Waals surface area (Å²) in [4.78, 5) is 25.6. The van der Waals surface area contributed by atoms with Gasteiger partial charge in [0.05, 0.1) is 18.3 Å². The van der Waals surface area contributed by atoms with E-state index in [1.165, 1.54) is 30.6 Å². The third-order valence-corrected chi connectivity index (χ3v) is 2.01. The van der Waals surface area contributed by atoms with Crippen molar-refractivity contribution in [1.82, 2.24) is 4.98 Å². The first kappa shape index (κ1) is 11.4. The highest BCUT2D eigenvalue weighted by atomic mass is 32.1. The molecular formula is C9H9NO4S. The first-order valence-electron chi connectivity index (χ1n) is 4.02. The van der Waals surface area contributed by atoms with Gasteiger partial charge in [0.1, 0.15) is 0 Å². The Hall–Kier alpha value is -1.69. The van der Waals surface area contributed by atoms with Crippen molar-refractivity contribution >= 4 is 29.4 Å². The van der Waals surface area contributed by atoms with Gasteiger partial charge in [-0.05, 0) is 6.08 Å². The van der Waals surface area contributed by atoms with E-state index in [4.69, 9.17) is 0 Å². The van der Waals surface area contributed by atoms with Crippen LogP contribution in [0.5, 0.6) is 0 Å². The predicted molar refractivity (Wildman–Crippen MR) is 54.1 cm³/mol. The molecule has 0 radical (unpaired) electrons. The van der Waals surface area contributed by atoms with Gasteiger partial charge >= 0.3 is 11.9 Å². The molecule has 1 aromatic rings. The molecule has 15 heavy (non-hydrogen) atoms. The highest BCUT2D eigenvalue weighted by Crippen LogP contribution is 2.02. The SMILES string of the molecule is COC(=O)COC(=O)/C=C/c1cscn1. The smallest absolute Gasteiger partial charge is 0.344 e. The number of carbonyl (C=O) groups excluding carboxylic acids is 2. The van der Waals surface area contributed by atoms with Crippen LogP contribution in [0.3, 0.4) is 0 Å². The fourth-order valence-electron chi connectivity index (χ4n) is 0.695. The monoisotopic (exact) mass is 227 g/mol. The molecule has 0 amide bonds. The number of thiazole rings is 1. The van der Waals surface area contributed by atoms with Gasteiger partial charge in [-0.3, -0.25) is 0 Å². The van der Waals surface area contributed by atoms with Gasteiger partial charge in [-0.1, -0.05) is 0 Å². The molecule has 0 N–H and O–H groups in total. The van der Waals surface area contributed by atoms with E-state index in [2.05, 4.69) is 14.5 Å². The van der Waals surface area contributed by atoms with Gasteiger partial charge in [-0.2, -0.15) is 0 Å². The Kier molecular flexibility index (Phi) is 4.49. The van der Waals surface area contributed by atoms with E-state index in [9.17, 15) is 9.59 Å². The topological polar surface area (TPSA) is 65.5 Å². The number of nitrogens with zero attached hydrogens (tertiary/aromatic N) is 1. The van der Waals surface area contributed by atoms with Crippen LogP contribution in [0.4, 0.5) is 0 Å². The molecule has 0 spiro atoms.